The maximum absolute atomic E-state index is 12.0. The maximum atomic E-state index is 12.0. The van der Waals surface area contributed by atoms with Crippen LogP contribution in [0.2, 0.25) is 0 Å². The average molecular weight is 495 g/mol. The van der Waals surface area contributed by atoms with Crippen molar-refractivity contribution in [3.8, 4) is 11.3 Å². The van der Waals surface area contributed by atoms with Crippen molar-refractivity contribution in [2.75, 3.05) is 10.6 Å². The number of fused-ring (bicyclic) bond motifs is 1. The van der Waals surface area contributed by atoms with Gasteiger partial charge in [0.2, 0.25) is 5.95 Å². The number of H-pyrrole nitrogens is 2. The molecule has 0 radical (unpaired) electrons. The monoisotopic (exact) mass is 494 g/mol. The molecule has 8 heteroatoms. The van der Waals surface area contributed by atoms with Crippen LogP contribution >= 0.6 is 0 Å². The number of aromatic amines is 2. The molecule has 2 aromatic heterocycles. The van der Waals surface area contributed by atoms with Gasteiger partial charge in [-0.2, -0.15) is 0 Å². The van der Waals surface area contributed by atoms with Gasteiger partial charge < -0.3 is 25.7 Å². The number of hydrogen-bond acceptors (Lipinski definition) is 5. The lowest BCUT2D eigenvalue weighted by atomic mass is 10.0. The fraction of sp³-hybridized carbons (Fsp3) is 0.207. The van der Waals surface area contributed by atoms with Crippen LogP contribution in [0.3, 0.4) is 0 Å². The van der Waals surface area contributed by atoms with Gasteiger partial charge in [0.15, 0.2) is 0 Å². The first-order valence-corrected chi connectivity index (χ1v) is 12.2. The zero-order valence-corrected chi connectivity index (χ0v) is 21.1. The summed E-state index contributed by atoms with van der Waals surface area (Å²) in [4.78, 5) is 27.6. The van der Waals surface area contributed by atoms with Crippen molar-refractivity contribution in [3.05, 3.63) is 94.9 Å². The van der Waals surface area contributed by atoms with E-state index in [0.29, 0.717) is 18.9 Å². The molecule has 8 nitrogen and oxygen atoms in total. The van der Waals surface area contributed by atoms with Gasteiger partial charge in [-0.25, -0.2) is 14.8 Å². The zero-order chi connectivity index (χ0) is 25.9. The largest absolute Gasteiger partial charge is 0.480 e. The zero-order valence-electron chi connectivity index (χ0n) is 21.1. The number of para-hydroxylation sites is 2. The van der Waals surface area contributed by atoms with E-state index >= 15 is 0 Å². The van der Waals surface area contributed by atoms with Crippen molar-refractivity contribution in [2.24, 2.45) is 0 Å². The van der Waals surface area contributed by atoms with Crippen molar-refractivity contribution in [1.29, 1.82) is 0 Å². The minimum atomic E-state index is -0.876. The number of rotatable bonds is 9. The number of carboxylic acids is 1. The summed E-state index contributed by atoms with van der Waals surface area (Å²) in [5, 5.41) is 16.4. The topological polar surface area (TPSA) is 119 Å². The van der Waals surface area contributed by atoms with Crippen molar-refractivity contribution >= 4 is 28.6 Å². The Kier molecular flexibility index (Phi) is 6.64. The number of hydrogen-bond donors (Lipinski definition) is 5. The van der Waals surface area contributed by atoms with Gasteiger partial charge in [0.1, 0.15) is 11.9 Å². The lowest BCUT2D eigenvalue weighted by molar-refractivity contribution is -0.137. The molecule has 1 unspecified atom stereocenters. The number of anilines is 2. The van der Waals surface area contributed by atoms with Crippen molar-refractivity contribution < 1.29 is 9.90 Å². The third kappa shape index (κ3) is 5.48. The fourth-order valence-corrected chi connectivity index (χ4v) is 4.64. The minimum absolute atomic E-state index is 0.373. The molecule has 188 valence electrons. The standard InChI is InChI=1S/C29H30N6O2/c1-17-12-18(2)27(19(3)13-17)33-24(28(36)37)14-20-8-10-21(11-9-20)25-15-30-26(32-25)16-31-29-34-22-6-4-5-7-23(22)35-29/h4-13,15,24,33H,14,16H2,1-3H3,(H,30,32)(H,36,37)(H2,31,34,35). The van der Waals surface area contributed by atoms with Gasteiger partial charge in [-0.15, -0.1) is 0 Å². The first-order valence-electron chi connectivity index (χ1n) is 12.2. The molecule has 0 amide bonds. The highest BCUT2D eigenvalue weighted by Gasteiger charge is 2.20. The summed E-state index contributed by atoms with van der Waals surface area (Å²) in [5.41, 5.74) is 8.85. The predicted octanol–water partition coefficient (Wildman–Crippen LogP) is 5.60. The average Bonchev–Trinajstić information content (AvgIpc) is 3.51. The van der Waals surface area contributed by atoms with E-state index in [1.54, 1.807) is 6.20 Å². The molecule has 0 spiro atoms. The Balaban J connectivity index is 1.23. The van der Waals surface area contributed by atoms with Gasteiger partial charge in [0.05, 0.1) is 29.5 Å². The summed E-state index contributed by atoms with van der Waals surface area (Å²) in [6.45, 7) is 6.55. The van der Waals surface area contributed by atoms with Gasteiger partial charge in [-0.3, -0.25) is 0 Å². The Morgan fingerprint density at radius 2 is 1.73 bits per heavy atom. The van der Waals surface area contributed by atoms with Gasteiger partial charge >= 0.3 is 5.97 Å². The maximum Gasteiger partial charge on any atom is 0.326 e. The third-order valence-electron chi connectivity index (χ3n) is 6.44. The second kappa shape index (κ2) is 10.2. The molecule has 0 aliphatic rings. The fourth-order valence-electron chi connectivity index (χ4n) is 4.64. The van der Waals surface area contributed by atoms with Crippen molar-refractivity contribution in [1.82, 2.24) is 19.9 Å². The van der Waals surface area contributed by atoms with E-state index in [1.165, 1.54) is 0 Å². The van der Waals surface area contributed by atoms with Gasteiger partial charge in [-0.05, 0) is 55.2 Å². The predicted molar refractivity (Wildman–Crippen MR) is 147 cm³/mol. The summed E-state index contributed by atoms with van der Waals surface area (Å²) in [7, 11) is 0. The summed E-state index contributed by atoms with van der Waals surface area (Å²) >= 11 is 0. The molecule has 1 atom stereocenters. The molecule has 5 rings (SSSR count). The number of aliphatic carboxylic acids is 1. The number of carbonyl (C=O) groups is 1. The first-order chi connectivity index (χ1) is 17.9. The van der Waals surface area contributed by atoms with Crippen LogP contribution < -0.4 is 10.6 Å². The van der Waals surface area contributed by atoms with Crippen LogP contribution in [0.15, 0.2) is 66.9 Å². The Morgan fingerprint density at radius 1 is 1.00 bits per heavy atom. The van der Waals surface area contributed by atoms with E-state index < -0.39 is 12.0 Å². The van der Waals surface area contributed by atoms with Crippen LogP contribution in [0, 0.1) is 20.8 Å². The quantitative estimate of drug-likeness (QED) is 0.182. The Labute approximate surface area is 215 Å². The summed E-state index contributed by atoms with van der Waals surface area (Å²) in [5.74, 6) is 0.609. The van der Waals surface area contributed by atoms with Crippen molar-refractivity contribution in [3.63, 3.8) is 0 Å². The second-order valence-corrected chi connectivity index (χ2v) is 9.41. The van der Waals surface area contributed by atoms with Crippen LogP contribution in [-0.2, 0) is 17.8 Å². The summed E-state index contributed by atoms with van der Waals surface area (Å²) in [6.07, 6.45) is 2.17. The molecule has 0 bridgehead atoms. The highest BCUT2D eigenvalue weighted by Crippen LogP contribution is 2.24. The molecule has 0 fully saturated rings. The molecule has 0 saturated carbocycles. The van der Waals surface area contributed by atoms with Crippen molar-refractivity contribution in [2.45, 2.75) is 39.8 Å². The number of benzene rings is 3. The van der Waals surface area contributed by atoms with Gasteiger partial charge in [-0.1, -0.05) is 54.1 Å². The summed E-state index contributed by atoms with van der Waals surface area (Å²) in [6, 6.07) is 19.2. The van der Waals surface area contributed by atoms with Gasteiger partial charge in [0.25, 0.3) is 0 Å². The normalized spacial score (nSPS) is 12.0. The number of aryl methyl sites for hydroxylation is 3. The number of nitrogens with zero attached hydrogens (tertiary/aromatic N) is 2. The Morgan fingerprint density at radius 3 is 2.43 bits per heavy atom. The molecule has 0 saturated heterocycles. The summed E-state index contributed by atoms with van der Waals surface area (Å²) < 4.78 is 0. The second-order valence-electron chi connectivity index (χ2n) is 9.41. The molecule has 2 heterocycles. The number of carboxylic acid groups (broad SMARTS) is 1. The Bertz CT molecular complexity index is 1490. The highest BCUT2D eigenvalue weighted by molar-refractivity contribution is 5.79. The Hall–Kier alpha value is -4.59. The smallest absolute Gasteiger partial charge is 0.326 e. The van der Waals surface area contributed by atoms with E-state index in [4.69, 9.17) is 0 Å². The molecule has 5 aromatic rings. The van der Waals surface area contributed by atoms with Crippen LogP contribution in [0.4, 0.5) is 11.6 Å². The SMILES string of the molecule is Cc1cc(C)c(NC(Cc2ccc(-c3cnc(CNc4nc5ccccc5[nH]4)[nH]3)cc2)C(=O)O)c(C)c1. The molecule has 0 aliphatic heterocycles. The van der Waals surface area contributed by atoms with Gasteiger partial charge in [0, 0.05) is 12.1 Å². The molecule has 3 aromatic carbocycles. The first kappa shape index (κ1) is 24.1. The van der Waals surface area contributed by atoms with E-state index in [2.05, 4.69) is 42.7 Å². The van der Waals surface area contributed by atoms with E-state index in [1.807, 2.05) is 69.3 Å². The van der Waals surface area contributed by atoms with E-state index in [0.717, 1.165) is 56.1 Å². The lowest BCUT2D eigenvalue weighted by Gasteiger charge is -2.20. The third-order valence-corrected chi connectivity index (χ3v) is 6.44. The van der Waals surface area contributed by atoms with Crippen LogP contribution in [0.1, 0.15) is 28.1 Å². The molecule has 37 heavy (non-hydrogen) atoms. The molecular formula is C29H30N6O2. The van der Waals surface area contributed by atoms with Crippen LogP contribution in [0.25, 0.3) is 22.3 Å². The highest BCUT2D eigenvalue weighted by atomic mass is 16.4. The lowest BCUT2D eigenvalue weighted by Crippen LogP contribution is -2.32. The number of imidazole rings is 2. The molecular weight excluding hydrogens is 464 g/mol. The van der Waals surface area contributed by atoms with Crippen LogP contribution in [0.5, 0.6) is 0 Å². The van der Waals surface area contributed by atoms with Crippen LogP contribution in [-0.4, -0.2) is 37.1 Å². The molecule has 0 aliphatic carbocycles. The number of nitrogens with one attached hydrogen (secondary N) is 4. The van der Waals surface area contributed by atoms with E-state index in [-0.39, 0.29) is 0 Å². The van der Waals surface area contributed by atoms with E-state index in [9.17, 15) is 9.90 Å². The molecule has 5 N–H and O–H groups in total. The number of aromatic nitrogens is 4. The minimum Gasteiger partial charge on any atom is -0.480 e.